The second kappa shape index (κ2) is 5.93. The summed E-state index contributed by atoms with van der Waals surface area (Å²) in [5.74, 6) is 1.94. The van der Waals surface area contributed by atoms with Gasteiger partial charge in [0.15, 0.2) is 0 Å². The van der Waals surface area contributed by atoms with Crippen molar-refractivity contribution in [2.24, 2.45) is 5.92 Å². The lowest BCUT2D eigenvalue weighted by molar-refractivity contribution is 0.216. The van der Waals surface area contributed by atoms with E-state index in [1.165, 1.54) is 37.1 Å². The minimum atomic E-state index is 0.849. The van der Waals surface area contributed by atoms with Crippen LogP contribution in [0.15, 0.2) is 18.2 Å². The van der Waals surface area contributed by atoms with E-state index in [9.17, 15) is 0 Å². The third-order valence-corrected chi connectivity index (χ3v) is 4.35. The van der Waals surface area contributed by atoms with E-state index in [-0.39, 0.29) is 0 Å². The van der Waals surface area contributed by atoms with E-state index in [2.05, 4.69) is 35.5 Å². The Labute approximate surface area is 115 Å². The molecular formula is C16H24N2O. The molecule has 2 aliphatic rings. The van der Waals surface area contributed by atoms with Gasteiger partial charge < -0.3 is 15.0 Å². The molecule has 1 N–H and O–H groups in total. The minimum absolute atomic E-state index is 0.849. The summed E-state index contributed by atoms with van der Waals surface area (Å²) >= 11 is 0. The van der Waals surface area contributed by atoms with Gasteiger partial charge in [0.25, 0.3) is 0 Å². The van der Waals surface area contributed by atoms with Gasteiger partial charge in [-0.25, -0.2) is 0 Å². The zero-order valence-electron chi connectivity index (χ0n) is 11.8. The van der Waals surface area contributed by atoms with Gasteiger partial charge in [-0.15, -0.1) is 0 Å². The van der Waals surface area contributed by atoms with Crippen LogP contribution in [0.3, 0.4) is 0 Å². The maximum Gasteiger partial charge on any atom is 0.122 e. The highest BCUT2D eigenvalue weighted by atomic mass is 16.5. The molecule has 0 bridgehead atoms. The molecule has 0 radical (unpaired) electrons. The number of hydrogen-bond donors (Lipinski definition) is 1. The average molecular weight is 260 g/mol. The summed E-state index contributed by atoms with van der Waals surface area (Å²) < 4.78 is 5.54. The van der Waals surface area contributed by atoms with Crippen LogP contribution in [0.5, 0.6) is 5.75 Å². The molecule has 3 nitrogen and oxygen atoms in total. The molecule has 0 aromatic heterocycles. The van der Waals surface area contributed by atoms with Crippen molar-refractivity contribution < 1.29 is 4.74 Å². The van der Waals surface area contributed by atoms with Crippen LogP contribution in [-0.4, -0.2) is 38.2 Å². The van der Waals surface area contributed by atoms with Crippen molar-refractivity contribution in [2.75, 3.05) is 33.3 Å². The molecule has 0 aliphatic carbocycles. The number of piperidine rings is 1. The highest BCUT2D eigenvalue weighted by molar-refractivity contribution is 5.39. The van der Waals surface area contributed by atoms with Crippen molar-refractivity contribution in [3.8, 4) is 5.75 Å². The number of fused-ring (bicyclic) bond motifs is 1. The quantitative estimate of drug-likeness (QED) is 0.897. The second-order valence-electron chi connectivity index (χ2n) is 5.92. The van der Waals surface area contributed by atoms with Gasteiger partial charge in [-0.05, 0) is 62.6 Å². The van der Waals surface area contributed by atoms with Gasteiger partial charge in [0.05, 0.1) is 6.61 Å². The zero-order valence-corrected chi connectivity index (χ0v) is 11.8. The van der Waals surface area contributed by atoms with Crippen molar-refractivity contribution in [1.82, 2.24) is 10.2 Å². The molecule has 1 saturated heterocycles. The first-order valence-electron chi connectivity index (χ1n) is 7.45. The lowest BCUT2D eigenvalue weighted by Gasteiger charge is -2.29. The normalized spacial score (nSPS) is 20.3. The predicted octanol–water partition coefficient (Wildman–Crippen LogP) is 2.05. The first-order valence-corrected chi connectivity index (χ1v) is 7.45. The monoisotopic (exact) mass is 260 g/mol. The van der Waals surface area contributed by atoms with Crippen LogP contribution in [-0.2, 0) is 13.0 Å². The van der Waals surface area contributed by atoms with Crippen molar-refractivity contribution >= 4 is 0 Å². The van der Waals surface area contributed by atoms with Crippen LogP contribution < -0.4 is 10.1 Å². The Kier molecular flexibility index (Phi) is 4.04. The number of ether oxygens (including phenoxy) is 1. The summed E-state index contributed by atoms with van der Waals surface area (Å²) in [6.07, 6.45) is 3.74. The van der Waals surface area contributed by atoms with Crippen molar-refractivity contribution in [3.05, 3.63) is 29.3 Å². The van der Waals surface area contributed by atoms with Crippen molar-refractivity contribution in [1.29, 1.82) is 0 Å². The first kappa shape index (κ1) is 12.9. The van der Waals surface area contributed by atoms with E-state index in [4.69, 9.17) is 4.74 Å². The fourth-order valence-electron chi connectivity index (χ4n) is 3.04. The van der Waals surface area contributed by atoms with E-state index >= 15 is 0 Å². The van der Waals surface area contributed by atoms with Crippen molar-refractivity contribution in [3.63, 3.8) is 0 Å². The number of rotatable bonds is 4. The molecule has 1 fully saturated rings. The smallest absolute Gasteiger partial charge is 0.122 e. The Bertz CT molecular complexity index is 425. The molecule has 1 aromatic rings. The van der Waals surface area contributed by atoms with Crippen LogP contribution in [0.1, 0.15) is 24.0 Å². The van der Waals surface area contributed by atoms with Gasteiger partial charge in [0.2, 0.25) is 0 Å². The fraction of sp³-hybridized carbons (Fsp3) is 0.625. The molecule has 0 atom stereocenters. The highest BCUT2D eigenvalue weighted by Crippen LogP contribution is 2.25. The van der Waals surface area contributed by atoms with Crippen LogP contribution >= 0.6 is 0 Å². The topological polar surface area (TPSA) is 24.5 Å². The number of nitrogens with zero attached hydrogens (tertiary/aromatic N) is 1. The Balaban J connectivity index is 1.45. The summed E-state index contributed by atoms with van der Waals surface area (Å²) in [4.78, 5) is 2.43. The Morgan fingerprint density at radius 1 is 1.32 bits per heavy atom. The van der Waals surface area contributed by atoms with Crippen LogP contribution in [0.25, 0.3) is 0 Å². The van der Waals surface area contributed by atoms with Gasteiger partial charge in [-0.1, -0.05) is 12.1 Å². The standard InChI is InChI=1S/C16H24N2O/c1-18-7-4-13(5-8-18)11-17-12-14-2-3-16-15(10-14)6-9-19-16/h2-3,10,13,17H,4-9,11-12H2,1H3. The fourth-order valence-corrected chi connectivity index (χ4v) is 3.04. The van der Waals surface area contributed by atoms with E-state index in [1.807, 2.05) is 0 Å². The lowest BCUT2D eigenvalue weighted by atomic mass is 9.97. The molecule has 0 amide bonds. The van der Waals surface area contributed by atoms with Crippen LogP contribution in [0.2, 0.25) is 0 Å². The molecule has 1 aromatic carbocycles. The molecular weight excluding hydrogens is 236 g/mol. The molecule has 19 heavy (non-hydrogen) atoms. The first-order chi connectivity index (χ1) is 9.31. The van der Waals surface area contributed by atoms with Crippen LogP contribution in [0.4, 0.5) is 0 Å². The summed E-state index contributed by atoms with van der Waals surface area (Å²) in [6, 6.07) is 6.60. The number of likely N-dealkylation sites (tertiary alicyclic amines) is 1. The maximum absolute atomic E-state index is 5.54. The van der Waals surface area contributed by atoms with E-state index in [0.29, 0.717) is 0 Å². The second-order valence-corrected chi connectivity index (χ2v) is 5.92. The lowest BCUT2D eigenvalue weighted by Crippen LogP contribution is -2.34. The number of hydrogen-bond acceptors (Lipinski definition) is 3. The third-order valence-electron chi connectivity index (χ3n) is 4.35. The van der Waals surface area contributed by atoms with E-state index in [0.717, 1.165) is 37.8 Å². The third kappa shape index (κ3) is 3.28. The van der Waals surface area contributed by atoms with Gasteiger partial charge in [0.1, 0.15) is 5.75 Å². The molecule has 2 aliphatic heterocycles. The van der Waals surface area contributed by atoms with Gasteiger partial charge in [0, 0.05) is 13.0 Å². The molecule has 2 heterocycles. The highest BCUT2D eigenvalue weighted by Gasteiger charge is 2.16. The Morgan fingerprint density at radius 2 is 2.16 bits per heavy atom. The molecule has 0 spiro atoms. The van der Waals surface area contributed by atoms with Gasteiger partial charge in [-0.2, -0.15) is 0 Å². The van der Waals surface area contributed by atoms with Gasteiger partial charge >= 0.3 is 0 Å². The van der Waals surface area contributed by atoms with Crippen LogP contribution in [0, 0.1) is 5.92 Å². The molecule has 0 unspecified atom stereocenters. The molecule has 3 heteroatoms. The molecule has 104 valence electrons. The Hall–Kier alpha value is -1.06. The van der Waals surface area contributed by atoms with Gasteiger partial charge in [-0.3, -0.25) is 0 Å². The summed E-state index contributed by atoms with van der Waals surface area (Å²) in [7, 11) is 2.22. The largest absolute Gasteiger partial charge is 0.493 e. The Morgan fingerprint density at radius 3 is 3.00 bits per heavy atom. The summed E-state index contributed by atoms with van der Waals surface area (Å²) in [5.41, 5.74) is 2.76. The van der Waals surface area contributed by atoms with E-state index < -0.39 is 0 Å². The summed E-state index contributed by atoms with van der Waals surface area (Å²) in [6.45, 7) is 5.49. The molecule has 3 rings (SSSR count). The van der Waals surface area contributed by atoms with E-state index in [1.54, 1.807) is 0 Å². The predicted molar refractivity (Wildman–Crippen MR) is 77.6 cm³/mol. The number of benzene rings is 1. The summed E-state index contributed by atoms with van der Waals surface area (Å²) in [5, 5.41) is 3.62. The van der Waals surface area contributed by atoms with Crippen molar-refractivity contribution in [2.45, 2.75) is 25.8 Å². The number of nitrogens with one attached hydrogen (secondary N) is 1. The molecule has 0 saturated carbocycles. The SMILES string of the molecule is CN1CCC(CNCc2ccc3c(c2)CCO3)CC1. The average Bonchev–Trinajstić information content (AvgIpc) is 2.88. The minimum Gasteiger partial charge on any atom is -0.493 e. The zero-order chi connectivity index (χ0) is 13.1. The maximum atomic E-state index is 5.54.